The van der Waals surface area contributed by atoms with Gasteiger partial charge in [-0.15, -0.1) is 6.58 Å². The second-order valence-corrected chi connectivity index (χ2v) is 14.9. The summed E-state index contributed by atoms with van der Waals surface area (Å²) in [7, 11) is 1.18. The van der Waals surface area contributed by atoms with Crippen LogP contribution >= 0.6 is 0 Å². The van der Waals surface area contributed by atoms with Gasteiger partial charge in [-0.2, -0.15) is 0 Å². The molecular weight excluding hydrogens is 768 g/mol. The molecule has 0 aromatic carbocycles. The number of ether oxygens (including phenoxy) is 10. The lowest BCUT2D eigenvalue weighted by atomic mass is 9.81. The number of carbonyl (C=O) groups excluding carboxylic acids is 2. The van der Waals surface area contributed by atoms with Gasteiger partial charge in [0.05, 0.1) is 50.6 Å². The van der Waals surface area contributed by atoms with Crippen LogP contribution in [0.2, 0.25) is 0 Å². The van der Waals surface area contributed by atoms with Gasteiger partial charge >= 0.3 is 11.9 Å². The molecule has 6 rings (SSSR count). The Hall–Kier alpha value is -2.84. The maximum absolute atomic E-state index is 14.2. The van der Waals surface area contributed by atoms with Gasteiger partial charge in [0.1, 0.15) is 54.9 Å². The van der Waals surface area contributed by atoms with Crippen molar-refractivity contribution in [3.05, 3.63) is 36.3 Å². The molecule has 57 heavy (non-hydrogen) atoms. The van der Waals surface area contributed by atoms with E-state index in [1.54, 1.807) is 6.92 Å². The molecule has 21 nitrogen and oxygen atoms in total. The summed E-state index contributed by atoms with van der Waals surface area (Å²) >= 11 is 0. The first-order valence-electron chi connectivity index (χ1n) is 18.7. The van der Waals surface area contributed by atoms with Gasteiger partial charge in [-0.05, 0) is 6.42 Å². The molecule has 0 aromatic heterocycles. The second-order valence-electron chi connectivity index (χ2n) is 14.9. The minimum absolute atomic E-state index is 0.0306. The van der Waals surface area contributed by atoms with Crippen LogP contribution in [0.25, 0.3) is 0 Å². The summed E-state index contributed by atoms with van der Waals surface area (Å²) in [6.45, 7) is 4.35. The Morgan fingerprint density at radius 2 is 1.37 bits per heavy atom. The molecule has 4 fully saturated rings. The number of aliphatic hydroxyl groups is 9. The number of methoxy groups -OCH3 is 1. The van der Waals surface area contributed by atoms with E-state index in [1.165, 1.54) is 13.2 Å². The smallest absolute Gasteiger partial charge is 0.337 e. The van der Waals surface area contributed by atoms with Crippen molar-refractivity contribution < 1.29 is 103 Å². The summed E-state index contributed by atoms with van der Waals surface area (Å²) in [5, 5.41) is 91.9. The minimum Gasteiger partial charge on any atom is -0.472 e. The molecule has 5 aliphatic heterocycles. The topological polar surface area (TPSA) is 309 Å². The van der Waals surface area contributed by atoms with Gasteiger partial charge in [-0.3, -0.25) is 0 Å². The molecule has 0 unspecified atom stereocenters. The summed E-state index contributed by atoms with van der Waals surface area (Å²) < 4.78 is 56.9. The standard InChI is InChI=1S/C36H52O21/c1-4-14-15(8-23-49-6-5-22(39)55-23)17(11-50-33(14)56-35-29(44)27(42)25(40)20(9-37)53-35)32(47)52-19-7-16-18(31(46)48-3)12-51-34(24(16)13(19)2)57-36-30(45)28(43)26(41)21(10-38)54-36/h4,11-16,19-30,33-45H,1,5-10H2,2-3H3/t13-,14+,15-,16+,19-,20+,21+,22+,23+,24+,25+,26+,27-,28-,29+,30+,33-,34-,35-,36-/m0/s1. The molecule has 6 aliphatic rings. The van der Waals surface area contributed by atoms with Crippen LogP contribution in [0, 0.1) is 29.6 Å². The number of hydrogen-bond acceptors (Lipinski definition) is 21. The first kappa shape index (κ1) is 43.7. The molecule has 322 valence electrons. The molecule has 1 aliphatic carbocycles. The zero-order valence-electron chi connectivity index (χ0n) is 31.2. The molecule has 9 N–H and O–H groups in total. The fourth-order valence-electron chi connectivity index (χ4n) is 8.26. The fraction of sp³-hybridized carbons (Fsp3) is 0.778. The van der Waals surface area contributed by atoms with E-state index in [2.05, 4.69) is 6.58 Å². The normalized spacial score (nSPS) is 46.0. The number of carbonyl (C=O) groups is 2. The van der Waals surface area contributed by atoms with Gasteiger partial charge in [0, 0.05) is 42.4 Å². The summed E-state index contributed by atoms with van der Waals surface area (Å²) in [5.74, 6) is -5.41. The third-order valence-electron chi connectivity index (χ3n) is 11.5. The molecule has 0 bridgehead atoms. The van der Waals surface area contributed by atoms with Gasteiger partial charge in [0.25, 0.3) is 0 Å². The summed E-state index contributed by atoms with van der Waals surface area (Å²) in [6, 6.07) is 0. The predicted octanol–water partition coefficient (Wildman–Crippen LogP) is -3.65. The Labute approximate surface area is 326 Å². The van der Waals surface area contributed by atoms with Crippen molar-refractivity contribution in [2.45, 2.75) is 119 Å². The van der Waals surface area contributed by atoms with E-state index in [-0.39, 0.29) is 37.0 Å². The lowest BCUT2D eigenvalue weighted by molar-refractivity contribution is -0.342. The molecule has 0 radical (unpaired) electrons. The number of fused-ring (bicyclic) bond motifs is 1. The van der Waals surface area contributed by atoms with E-state index in [4.69, 9.17) is 47.4 Å². The third-order valence-corrected chi connectivity index (χ3v) is 11.5. The first-order valence-corrected chi connectivity index (χ1v) is 18.7. The molecule has 0 amide bonds. The monoisotopic (exact) mass is 820 g/mol. The van der Waals surface area contributed by atoms with Gasteiger partial charge < -0.3 is 93.3 Å². The van der Waals surface area contributed by atoms with Gasteiger partial charge in [-0.25, -0.2) is 9.59 Å². The quantitative estimate of drug-likeness (QED) is 0.0677. The fourth-order valence-corrected chi connectivity index (χ4v) is 8.26. The van der Waals surface area contributed by atoms with Crippen molar-refractivity contribution in [2.75, 3.05) is 26.9 Å². The van der Waals surface area contributed by atoms with E-state index in [0.29, 0.717) is 0 Å². The Balaban J connectivity index is 1.23. The Kier molecular flexibility index (Phi) is 14.3. The molecule has 1 saturated carbocycles. The van der Waals surface area contributed by atoms with Crippen molar-refractivity contribution in [1.29, 1.82) is 0 Å². The SMILES string of the molecule is C=C[C@H]1[C@H](O[C@@H]2O[C@H](CO)[C@@H](O)[C@H](O)[C@H]2O)OC=C(C(=O)O[C@H]2C[C@@H]3C(C(=O)OC)=CO[C@@H](O[C@@H]4O[C@H](CO)[C@@H](O)[C@H](O)[C@H]4O)[C@@H]3[C@H]2C)[C@H]1C[C@@H]1OCC[C@H](O)O1. The highest BCUT2D eigenvalue weighted by atomic mass is 16.8. The summed E-state index contributed by atoms with van der Waals surface area (Å²) in [5.41, 5.74) is 0.0849. The number of rotatable bonds is 12. The first-order chi connectivity index (χ1) is 27.2. The Morgan fingerprint density at radius 1 is 0.789 bits per heavy atom. The van der Waals surface area contributed by atoms with Crippen LogP contribution in [0.1, 0.15) is 26.2 Å². The van der Waals surface area contributed by atoms with E-state index in [0.717, 1.165) is 12.5 Å². The lowest BCUT2D eigenvalue weighted by Crippen LogP contribution is -2.60. The van der Waals surface area contributed by atoms with Crippen LogP contribution < -0.4 is 0 Å². The van der Waals surface area contributed by atoms with E-state index in [1.807, 2.05) is 0 Å². The number of aliphatic hydroxyl groups excluding tert-OH is 9. The van der Waals surface area contributed by atoms with Crippen LogP contribution in [-0.2, 0) is 57.0 Å². The van der Waals surface area contributed by atoms with Crippen molar-refractivity contribution in [3.8, 4) is 0 Å². The molecule has 0 spiro atoms. The van der Waals surface area contributed by atoms with Crippen molar-refractivity contribution >= 4 is 11.9 Å². The van der Waals surface area contributed by atoms with Gasteiger partial charge in [-0.1, -0.05) is 13.0 Å². The van der Waals surface area contributed by atoms with Crippen molar-refractivity contribution in [3.63, 3.8) is 0 Å². The van der Waals surface area contributed by atoms with Gasteiger partial charge in [0.15, 0.2) is 25.2 Å². The van der Waals surface area contributed by atoms with Crippen LogP contribution in [0.3, 0.4) is 0 Å². The van der Waals surface area contributed by atoms with Crippen LogP contribution in [-0.4, -0.2) is 178 Å². The highest BCUT2D eigenvalue weighted by Gasteiger charge is 2.56. The molecule has 5 heterocycles. The van der Waals surface area contributed by atoms with Crippen molar-refractivity contribution in [2.24, 2.45) is 29.6 Å². The second kappa shape index (κ2) is 18.6. The van der Waals surface area contributed by atoms with Crippen LogP contribution in [0.4, 0.5) is 0 Å². The van der Waals surface area contributed by atoms with E-state index in [9.17, 15) is 55.5 Å². The van der Waals surface area contributed by atoms with Crippen molar-refractivity contribution in [1.82, 2.24) is 0 Å². The van der Waals surface area contributed by atoms with E-state index >= 15 is 0 Å². The van der Waals surface area contributed by atoms with Crippen LogP contribution in [0.5, 0.6) is 0 Å². The average Bonchev–Trinajstić information content (AvgIpc) is 3.53. The Bertz CT molecular complexity index is 1470. The zero-order chi connectivity index (χ0) is 41.3. The third kappa shape index (κ3) is 8.88. The molecule has 21 heteroatoms. The number of hydrogen-bond donors (Lipinski definition) is 9. The summed E-state index contributed by atoms with van der Waals surface area (Å²) in [6.07, 6.45) is -17.8. The van der Waals surface area contributed by atoms with Crippen LogP contribution in [0.15, 0.2) is 36.3 Å². The summed E-state index contributed by atoms with van der Waals surface area (Å²) in [4.78, 5) is 27.1. The highest BCUT2D eigenvalue weighted by Crippen LogP contribution is 2.49. The molecule has 20 atom stereocenters. The predicted molar refractivity (Wildman–Crippen MR) is 182 cm³/mol. The molecule has 0 aromatic rings. The average molecular weight is 821 g/mol. The maximum Gasteiger partial charge on any atom is 0.337 e. The largest absolute Gasteiger partial charge is 0.472 e. The maximum atomic E-state index is 14.2. The van der Waals surface area contributed by atoms with Gasteiger partial charge in [0.2, 0.25) is 12.6 Å². The zero-order valence-corrected chi connectivity index (χ0v) is 31.2. The molecule has 3 saturated heterocycles. The number of esters is 2. The Morgan fingerprint density at radius 3 is 1.93 bits per heavy atom. The van der Waals surface area contributed by atoms with E-state index < -0.39 is 147 Å². The molecular formula is C36H52O21. The minimum atomic E-state index is -1.76. The highest BCUT2D eigenvalue weighted by molar-refractivity contribution is 5.90. The lowest BCUT2D eigenvalue weighted by Gasteiger charge is -2.43.